The molecule has 1 aliphatic carbocycles. The molecule has 0 radical (unpaired) electrons. The van der Waals surface area contributed by atoms with Crippen LogP contribution in [-0.4, -0.2) is 22.6 Å². The second-order valence-corrected chi connectivity index (χ2v) is 8.78. The van der Waals surface area contributed by atoms with E-state index < -0.39 is 17.2 Å². The van der Waals surface area contributed by atoms with Gasteiger partial charge in [0, 0.05) is 16.4 Å². The van der Waals surface area contributed by atoms with E-state index in [0.717, 1.165) is 24.2 Å². The zero-order chi connectivity index (χ0) is 18.9. The summed E-state index contributed by atoms with van der Waals surface area (Å²) in [6.07, 6.45) is 1.53. The smallest absolute Gasteiger partial charge is 0.413 e. The number of aliphatic imine (C=N–C) groups is 1. The number of azide groups is 1. The lowest BCUT2D eigenvalue weighted by atomic mass is 9.71. The molecule has 1 N–H and O–H groups in total. The number of carbonyl (C=O) groups excluding carboxylic acids is 1. The third-order valence-corrected chi connectivity index (χ3v) is 5.75. The van der Waals surface area contributed by atoms with Crippen LogP contribution in [0.1, 0.15) is 45.2 Å². The first-order chi connectivity index (χ1) is 12.2. The van der Waals surface area contributed by atoms with Gasteiger partial charge in [-0.05, 0) is 69.2 Å². The maximum absolute atomic E-state index is 12.1. The van der Waals surface area contributed by atoms with Gasteiger partial charge in [-0.3, -0.25) is 10.3 Å². The molecule has 26 heavy (non-hydrogen) atoms. The lowest BCUT2D eigenvalue weighted by molar-refractivity contribution is 0.0564. The van der Waals surface area contributed by atoms with Crippen LogP contribution in [-0.2, 0) is 16.7 Å². The van der Waals surface area contributed by atoms with Gasteiger partial charge in [0.25, 0.3) is 0 Å². The van der Waals surface area contributed by atoms with Gasteiger partial charge in [-0.1, -0.05) is 29.0 Å². The average molecular weight is 373 g/mol. The van der Waals surface area contributed by atoms with E-state index in [1.54, 1.807) is 11.8 Å². The molecule has 2 atom stereocenters. The minimum absolute atomic E-state index is 0.366. The number of fused-ring (bicyclic) bond motifs is 3. The number of nitrogens with one attached hydrogen (secondary N) is 1. The summed E-state index contributed by atoms with van der Waals surface area (Å²) in [6.45, 7) is 7.57. The second kappa shape index (κ2) is 6.85. The van der Waals surface area contributed by atoms with Crippen LogP contribution in [0.4, 0.5) is 10.5 Å². The van der Waals surface area contributed by atoms with Gasteiger partial charge < -0.3 is 4.74 Å². The molecule has 1 aromatic rings. The van der Waals surface area contributed by atoms with Crippen LogP contribution in [0.15, 0.2) is 28.3 Å². The predicted octanol–water partition coefficient (Wildman–Crippen LogP) is 5.03. The van der Waals surface area contributed by atoms with Crippen molar-refractivity contribution >= 4 is 28.7 Å². The van der Waals surface area contributed by atoms with E-state index in [1.165, 1.54) is 5.56 Å². The van der Waals surface area contributed by atoms with Gasteiger partial charge in [0.1, 0.15) is 5.60 Å². The number of rotatable bonds is 1. The lowest BCUT2D eigenvalue weighted by Crippen LogP contribution is -2.44. The highest BCUT2D eigenvalue weighted by molar-refractivity contribution is 8.13. The van der Waals surface area contributed by atoms with E-state index in [-0.39, 0.29) is 0 Å². The molecule has 1 aromatic carbocycles. The number of hydrogen-bond acceptors (Lipinski definition) is 5. The van der Waals surface area contributed by atoms with Crippen LogP contribution in [0.2, 0.25) is 0 Å². The van der Waals surface area contributed by atoms with Gasteiger partial charge in [0.15, 0.2) is 5.17 Å². The van der Waals surface area contributed by atoms with Gasteiger partial charge in [0.05, 0.1) is 5.54 Å². The average Bonchev–Trinajstić information content (AvgIpc) is 2.53. The van der Waals surface area contributed by atoms with Crippen LogP contribution in [0.5, 0.6) is 0 Å². The van der Waals surface area contributed by atoms with Gasteiger partial charge in [-0.2, -0.15) is 0 Å². The fourth-order valence-corrected chi connectivity index (χ4v) is 4.73. The lowest BCUT2D eigenvalue weighted by Gasteiger charge is -2.43. The summed E-state index contributed by atoms with van der Waals surface area (Å²) in [7, 11) is 0. The Morgan fingerprint density at radius 1 is 1.50 bits per heavy atom. The normalized spacial score (nSPS) is 24.5. The van der Waals surface area contributed by atoms with Gasteiger partial charge >= 0.3 is 6.09 Å². The fourth-order valence-electron chi connectivity index (χ4n) is 3.47. The molecule has 1 amide bonds. The monoisotopic (exact) mass is 373 g/mol. The third-order valence-electron chi connectivity index (χ3n) is 4.72. The fraction of sp³-hybridized carbons (Fsp3) is 0.556. The molecule has 0 saturated heterocycles. The number of amidine groups is 1. The molecular formula is C18H23N5O2S. The zero-order valence-corrected chi connectivity index (χ0v) is 16.3. The Morgan fingerprint density at radius 3 is 2.96 bits per heavy atom. The van der Waals surface area contributed by atoms with Gasteiger partial charge in [-0.25, -0.2) is 4.79 Å². The van der Waals surface area contributed by atoms with Crippen LogP contribution in [0, 0.1) is 5.92 Å². The zero-order valence-electron chi connectivity index (χ0n) is 15.4. The van der Waals surface area contributed by atoms with Crippen molar-refractivity contribution in [2.75, 3.05) is 5.75 Å². The number of thioether (sulfide) groups is 1. The van der Waals surface area contributed by atoms with E-state index >= 15 is 0 Å². The van der Waals surface area contributed by atoms with Crippen molar-refractivity contribution in [1.82, 2.24) is 5.32 Å². The highest BCUT2D eigenvalue weighted by atomic mass is 32.2. The summed E-state index contributed by atoms with van der Waals surface area (Å²) in [5, 5.41) is 7.07. The maximum atomic E-state index is 12.1. The molecule has 0 spiro atoms. The summed E-state index contributed by atoms with van der Waals surface area (Å²) in [5.41, 5.74) is 10.6. The molecule has 7 nitrogen and oxygen atoms in total. The number of nitrogens with zero attached hydrogens (tertiary/aromatic N) is 4. The molecule has 138 valence electrons. The Hall–Kier alpha value is -2.18. The Bertz CT molecular complexity index is 810. The highest BCUT2D eigenvalue weighted by Crippen LogP contribution is 2.47. The van der Waals surface area contributed by atoms with Crippen molar-refractivity contribution in [3.63, 3.8) is 0 Å². The molecule has 0 aromatic heterocycles. The second-order valence-electron chi connectivity index (χ2n) is 7.77. The van der Waals surface area contributed by atoms with E-state index in [9.17, 15) is 4.79 Å². The SMILES string of the molecule is CC(C)(C)OC(=O)NC1=N[C@]2(C)c3cc(N=[N+]=[N-])ccc3CC[C@@H]2CS1. The van der Waals surface area contributed by atoms with E-state index in [2.05, 4.69) is 22.3 Å². The molecule has 2 aliphatic rings. The van der Waals surface area contributed by atoms with E-state index in [0.29, 0.717) is 16.8 Å². The molecule has 1 heterocycles. The van der Waals surface area contributed by atoms with Crippen molar-refractivity contribution in [2.45, 2.75) is 51.7 Å². The molecule has 0 fully saturated rings. The maximum Gasteiger partial charge on any atom is 0.413 e. The van der Waals surface area contributed by atoms with Crippen LogP contribution in [0.25, 0.3) is 10.4 Å². The minimum atomic E-state index is -0.557. The first kappa shape index (κ1) is 18.6. The Kier molecular flexibility index (Phi) is 4.90. The van der Waals surface area contributed by atoms with Crippen molar-refractivity contribution in [2.24, 2.45) is 16.0 Å². The van der Waals surface area contributed by atoms with E-state index in [1.807, 2.05) is 39.0 Å². The van der Waals surface area contributed by atoms with Gasteiger partial charge in [0.2, 0.25) is 0 Å². The molecule has 1 aliphatic heterocycles. The van der Waals surface area contributed by atoms with E-state index in [4.69, 9.17) is 15.3 Å². The number of alkyl carbamates (subject to hydrolysis) is 1. The Morgan fingerprint density at radius 2 is 2.27 bits per heavy atom. The quantitative estimate of drug-likeness (QED) is 0.424. The molecule has 0 unspecified atom stereocenters. The number of benzene rings is 1. The van der Waals surface area contributed by atoms with Crippen molar-refractivity contribution in [3.05, 3.63) is 39.8 Å². The number of hydrogen-bond donors (Lipinski definition) is 1. The third kappa shape index (κ3) is 3.81. The number of amides is 1. The molecule has 3 rings (SSSR count). The van der Waals surface area contributed by atoms with Crippen molar-refractivity contribution in [1.29, 1.82) is 0 Å². The predicted molar refractivity (Wildman–Crippen MR) is 104 cm³/mol. The summed E-state index contributed by atoms with van der Waals surface area (Å²) in [5.74, 6) is 1.24. The summed E-state index contributed by atoms with van der Waals surface area (Å²) in [4.78, 5) is 19.9. The summed E-state index contributed by atoms with van der Waals surface area (Å²) >= 11 is 1.55. The first-order valence-corrected chi connectivity index (χ1v) is 9.61. The number of aryl methyl sites for hydroxylation is 1. The number of carbonyl (C=O) groups is 1. The Labute approximate surface area is 157 Å². The minimum Gasteiger partial charge on any atom is -0.444 e. The molecule has 0 saturated carbocycles. The van der Waals surface area contributed by atoms with Gasteiger partial charge in [-0.15, -0.1) is 0 Å². The highest BCUT2D eigenvalue weighted by Gasteiger charge is 2.43. The van der Waals surface area contributed by atoms with Crippen LogP contribution < -0.4 is 5.32 Å². The number of ether oxygens (including phenoxy) is 1. The largest absolute Gasteiger partial charge is 0.444 e. The van der Waals surface area contributed by atoms with Crippen molar-refractivity contribution in [3.8, 4) is 0 Å². The van der Waals surface area contributed by atoms with Crippen molar-refractivity contribution < 1.29 is 9.53 Å². The van der Waals surface area contributed by atoms with Crippen LogP contribution in [0.3, 0.4) is 0 Å². The summed E-state index contributed by atoms with van der Waals surface area (Å²) in [6, 6.07) is 5.77. The Balaban J connectivity index is 1.93. The van der Waals surface area contributed by atoms with Crippen LogP contribution >= 0.6 is 11.8 Å². The molecular weight excluding hydrogens is 350 g/mol. The first-order valence-electron chi connectivity index (χ1n) is 8.62. The topological polar surface area (TPSA) is 99.5 Å². The summed E-state index contributed by atoms with van der Waals surface area (Å²) < 4.78 is 5.33. The molecule has 8 heteroatoms. The molecule has 0 bridgehead atoms. The standard InChI is InChI=1S/C18H23N5O2S/c1-17(2,3)25-16(24)20-15-21-18(4)12(10-26-15)7-5-11-6-8-13(22-23-19)9-14(11)18/h6,8-9,12H,5,7,10H2,1-4H3,(H,20,21,24)/t12-,18+/m1/s1.